The molecule has 3 heterocycles. The summed E-state index contributed by atoms with van der Waals surface area (Å²) in [5.74, 6) is -0.940. The number of ether oxygens (including phenoxy) is 1. The summed E-state index contributed by atoms with van der Waals surface area (Å²) in [7, 11) is 0. The molecule has 2 aromatic carbocycles. The van der Waals surface area contributed by atoms with Gasteiger partial charge in [0.05, 0.1) is 41.1 Å². The molecule has 2 aliphatic rings. The average Bonchev–Trinajstić information content (AvgIpc) is 3.24. The summed E-state index contributed by atoms with van der Waals surface area (Å²) in [5, 5.41) is 6.80. The predicted octanol–water partition coefficient (Wildman–Crippen LogP) is 4.66. The van der Waals surface area contributed by atoms with Crippen LogP contribution in [0.25, 0.3) is 0 Å². The van der Waals surface area contributed by atoms with Gasteiger partial charge in [0.2, 0.25) is 0 Å². The molecule has 1 unspecified atom stereocenters. The highest BCUT2D eigenvalue weighted by Gasteiger charge is 2.50. The van der Waals surface area contributed by atoms with Crippen molar-refractivity contribution in [2.45, 2.75) is 25.5 Å². The van der Waals surface area contributed by atoms with Crippen molar-refractivity contribution in [2.24, 2.45) is 5.92 Å². The van der Waals surface area contributed by atoms with Crippen molar-refractivity contribution in [1.29, 1.82) is 0 Å². The van der Waals surface area contributed by atoms with Crippen molar-refractivity contribution in [1.82, 2.24) is 14.7 Å². The molecule has 0 radical (unpaired) electrons. The van der Waals surface area contributed by atoms with Crippen LogP contribution in [0, 0.1) is 11.7 Å². The second-order valence-electron chi connectivity index (χ2n) is 8.70. The summed E-state index contributed by atoms with van der Waals surface area (Å²) in [4.78, 5) is 27.3. The van der Waals surface area contributed by atoms with Crippen LogP contribution < -0.4 is 5.32 Å². The molecule has 1 fully saturated rings. The summed E-state index contributed by atoms with van der Waals surface area (Å²) in [6, 6.07) is 12.8. The minimum absolute atomic E-state index is 0.0255. The van der Waals surface area contributed by atoms with Crippen molar-refractivity contribution >= 4 is 29.3 Å². The number of hydrogen-bond donors (Lipinski definition) is 1. The van der Waals surface area contributed by atoms with Crippen LogP contribution in [0.3, 0.4) is 0 Å². The summed E-state index contributed by atoms with van der Waals surface area (Å²) < 4.78 is 22.5. The third-order valence-electron chi connectivity index (χ3n) is 6.09. The van der Waals surface area contributed by atoms with Crippen LogP contribution in [-0.2, 0) is 16.9 Å². The summed E-state index contributed by atoms with van der Waals surface area (Å²) in [5.41, 5.74) is 0.655. The van der Waals surface area contributed by atoms with E-state index >= 15 is 4.39 Å². The van der Waals surface area contributed by atoms with E-state index in [1.54, 1.807) is 21.8 Å². The molecule has 33 heavy (non-hydrogen) atoms. The van der Waals surface area contributed by atoms with Gasteiger partial charge in [-0.15, -0.1) is 0 Å². The number of fused-ring (bicyclic) bond motifs is 2. The molecule has 7 nitrogen and oxygen atoms in total. The Morgan fingerprint density at radius 3 is 2.88 bits per heavy atom. The Morgan fingerprint density at radius 1 is 1.30 bits per heavy atom. The Bertz CT molecular complexity index is 1230. The van der Waals surface area contributed by atoms with E-state index in [1.165, 1.54) is 12.3 Å². The van der Waals surface area contributed by atoms with Crippen LogP contribution in [-0.4, -0.2) is 39.8 Å². The molecule has 1 saturated heterocycles. The Labute approximate surface area is 195 Å². The van der Waals surface area contributed by atoms with Gasteiger partial charge >= 0.3 is 6.09 Å². The van der Waals surface area contributed by atoms with Crippen molar-refractivity contribution in [2.75, 3.05) is 18.4 Å². The first-order chi connectivity index (χ1) is 15.8. The van der Waals surface area contributed by atoms with Crippen LogP contribution in [0.4, 0.5) is 14.9 Å². The SMILES string of the molecule is CC1CN(C(=O)c2cnn(Cc3ccccc3)c2)C[C@]2(C1)OC(=O)Nc1ccc(Cl)c(F)c12. The molecule has 2 atom stereocenters. The highest BCUT2D eigenvalue weighted by atomic mass is 35.5. The van der Waals surface area contributed by atoms with E-state index in [0.29, 0.717) is 30.8 Å². The fraction of sp³-hybridized carbons (Fsp3) is 0.292. The number of benzene rings is 2. The Hall–Kier alpha value is -3.39. The number of carbonyl (C=O) groups excluding carboxylic acids is 2. The highest BCUT2D eigenvalue weighted by molar-refractivity contribution is 6.31. The number of amides is 2. The minimum Gasteiger partial charge on any atom is -0.436 e. The zero-order chi connectivity index (χ0) is 23.2. The average molecular weight is 469 g/mol. The lowest BCUT2D eigenvalue weighted by Crippen LogP contribution is -2.55. The van der Waals surface area contributed by atoms with Gasteiger partial charge in [0.1, 0.15) is 0 Å². The van der Waals surface area contributed by atoms with Crippen LogP contribution >= 0.6 is 11.6 Å². The first-order valence-electron chi connectivity index (χ1n) is 10.7. The zero-order valence-corrected chi connectivity index (χ0v) is 18.7. The van der Waals surface area contributed by atoms with E-state index in [2.05, 4.69) is 10.4 Å². The Kier molecular flexibility index (Phi) is 5.32. The number of rotatable bonds is 3. The van der Waals surface area contributed by atoms with Crippen LogP contribution in [0.2, 0.25) is 5.02 Å². The van der Waals surface area contributed by atoms with Gasteiger partial charge in [0, 0.05) is 12.7 Å². The maximum atomic E-state index is 15.1. The van der Waals surface area contributed by atoms with Crippen LogP contribution in [0.15, 0.2) is 54.9 Å². The molecule has 0 bridgehead atoms. The third-order valence-corrected chi connectivity index (χ3v) is 6.38. The quantitative estimate of drug-likeness (QED) is 0.606. The first kappa shape index (κ1) is 21.5. The molecule has 2 aliphatic heterocycles. The first-order valence-corrected chi connectivity index (χ1v) is 11.1. The molecular formula is C24H22ClFN4O3. The van der Waals surface area contributed by atoms with Crippen molar-refractivity contribution in [3.05, 3.63) is 82.4 Å². The van der Waals surface area contributed by atoms with Gasteiger partial charge in [-0.1, -0.05) is 48.9 Å². The zero-order valence-electron chi connectivity index (χ0n) is 17.9. The molecular weight excluding hydrogens is 447 g/mol. The van der Waals surface area contributed by atoms with E-state index in [-0.39, 0.29) is 29.0 Å². The predicted molar refractivity (Wildman–Crippen MR) is 121 cm³/mol. The number of nitrogens with zero attached hydrogens (tertiary/aromatic N) is 3. The molecule has 0 saturated carbocycles. The Morgan fingerprint density at radius 2 is 2.09 bits per heavy atom. The monoisotopic (exact) mass is 468 g/mol. The minimum atomic E-state index is -1.32. The number of carbonyl (C=O) groups is 2. The van der Waals surface area contributed by atoms with Crippen LogP contribution in [0.5, 0.6) is 0 Å². The molecule has 2 amide bonds. The van der Waals surface area contributed by atoms with Gasteiger partial charge in [-0.3, -0.25) is 14.8 Å². The standard InChI is InChI=1S/C24H22ClFN4O3/c1-15-9-24(20-19(28-23(32)33-24)8-7-18(25)21(20)26)14-29(11-15)22(31)17-10-27-30(13-17)12-16-5-3-2-4-6-16/h2-8,10,13,15H,9,11-12,14H2,1H3,(H,28,32)/t15?,24-/m0/s1. The number of nitrogens with one attached hydrogen (secondary N) is 1. The lowest BCUT2D eigenvalue weighted by Gasteiger charge is -2.47. The molecule has 1 N–H and O–H groups in total. The van der Waals surface area contributed by atoms with E-state index in [4.69, 9.17) is 16.3 Å². The maximum Gasteiger partial charge on any atom is 0.412 e. The van der Waals surface area contributed by atoms with E-state index in [9.17, 15) is 9.59 Å². The fourth-order valence-corrected chi connectivity index (χ4v) is 4.99. The number of anilines is 1. The summed E-state index contributed by atoms with van der Waals surface area (Å²) >= 11 is 6.05. The smallest absolute Gasteiger partial charge is 0.412 e. The van der Waals surface area contributed by atoms with Crippen molar-refractivity contribution < 1.29 is 18.7 Å². The van der Waals surface area contributed by atoms with Crippen molar-refractivity contribution in [3.8, 4) is 0 Å². The molecule has 0 aliphatic carbocycles. The largest absolute Gasteiger partial charge is 0.436 e. The second-order valence-corrected chi connectivity index (χ2v) is 9.11. The number of hydrogen-bond acceptors (Lipinski definition) is 4. The number of halogens is 2. The van der Waals surface area contributed by atoms with Gasteiger partial charge < -0.3 is 9.64 Å². The number of piperidine rings is 1. The molecule has 5 rings (SSSR count). The van der Waals surface area contributed by atoms with Gasteiger partial charge in [0.15, 0.2) is 11.4 Å². The van der Waals surface area contributed by atoms with E-state index in [0.717, 1.165) is 5.56 Å². The van der Waals surface area contributed by atoms with E-state index in [1.807, 2.05) is 37.3 Å². The molecule has 3 aromatic rings. The lowest BCUT2D eigenvalue weighted by atomic mass is 9.79. The summed E-state index contributed by atoms with van der Waals surface area (Å²) in [6.45, 7) is 2.96. The third kappa shape index (κ3) is 3.95. The van der Waals surface area contributed by atoms with E-state index < -0.39 is 17.5 Å². The highest BCUT2D eigenvalue weighted by Crippen LogP contribution is 2.46. The topological polar surface area (TPSA) is 76.5 Å². The maximum absolute atomic E-state index is 15.1. The van der Waals surface area contributed by atoms with Gasteiger partial charge in [-0.2, -0.15) is 5.10 Å². The molecule has 9 heteroatoms. The number of likely N-dealkylation sites (tertiary alicyclic amines) is 1. The summed E-state index contributed by atoms with van der Waals surface area (Å²) in [6.07, 6.45) is 2.92. The molecule has 170 valence electrons. The van der Waals surface area contributed by atoms with Gasteiger partial charge in [0.25, 0.3) is 5.91 Å². The fourth-order valence-electron chi connectivity index (χ4n) is 4.83. The normalized spacial score (nSPS) is 22.0. The molecule has 1 spiro atoms. The second kappa shape index (κ2) is 8.19. The Balaban J connectivity index is 1.44. The van der Waals surface area contributed by atoms with Crippen LogP contribution in [0.1, 0.15) is 34.8 Å². The lowest BCUT2D eigenvalue weighted by molar-refractivity contribution is -0.0569. The van der Waals surface area contributed by atoms with Gasteiger partial charge in [-0.25, -0.2) is 9.18 Å². The van der Waals surface area contributed by atoms with Crippen molar-refractivity contribution in [3.63, 3.8) is 0 Å². The van der Waals surface area contributed by atoms with Gasteiger partial charge in [-0.05, 0) is 30.0 Å². The molecule has 1 aromatic heterocycles. The number of aromatic nitrogens is 2.